The number of ether oxygens (including phenoxy) is 1. The molecule has 0 amide bonds. The second kappa shape index (κ2) is 9.92. The van der Waals surface area contributed by atoms with Crippen LogP contribution in [-0.2, 0) is 4.74 Å². The largest absolute Gasteiger partial charge is 0.394 e. The Bertz CT molecular complexity index is 90.9. The Morgan fingerprint density at radius 1 is 1.08 bits per heavy atom. The van der Waals surface area contributed by atoms with Crippen molar-refractivity contribution >= 4 is 0 Å². The van der Waals surface area contributed by atoms with Gasteiger partial charge in [0.2, 0.25) is 0 Å². The number of hydrogen-bond donors (Lipinski definition) is 3. The van der Waals surface area contributed by atoms with Gasteiger partial charge in [-0.3, -0.25) is 0 Å². The molecule has 0 saturated heterocycles. The van der Waals surface area contributed by atoms with Crippen LogP contribution in [0.5, 0.6) is 0 Å². The minimum Gasteiger partial charge on any atom is -0.394 e. The first kappa shape index (κ1) is 15.3. The number of aliphatic hydroxyl groups excluding tert-OH is 3. The van der Waals surface area contributed by atoms with Gasteiger partial charge in [0.25, 0.3) is 0 Å². The first-order chi connectivity index (χ1) is 5.90. The average molecular weight is 194 g/mol. The first-order valence-corrected chi connectivity index (χ1v) is 4.48. The van der Waals surface area contributed by atoms with Crippen LogP contribution in [0, 0.1) is 0 Å². The fourth-order valence-corrected chi connectivity index (χ4v) is 0.356. The molecule has 0 heterocycles. The fraction of sp³-hybridized carbons (Fsp3) is 1.00. The van der Waals surface area contributed by atoms with Gasteiger partial charge in [0.05, 0.1) is 25.4 Å². The maximum Gasteiger partial charge on any atom is 0.0779 e. The summed E-state index contributed by atoms with van der Waals surface area (Å²) in [4.78, 5) is 0. The predicted octanol–water partition coefficient (Wildman–Crippen LogP) is 0.152. The summed E-state index contributed by atoms with van der Waals surface area (Å²) < 4.78 is 4.95. The van der Waals surface area contributed by atoms with E-state index in [9.17, 15) is 0 Å². The number of hydrogen-bond acceptors (Lipinski definition) is 4. The zero-order valence-corrected chi connectivity index (χ0v) is 8.90. The molecule has 0 aliphatic heterocycles. The molecule has 0 saturated carbocycles. The van der Waals surface area contributed by atoms with Crippen molar-refractivity contribution in [3.05, 3.63) is 0 Å². The lowest BCUT2D eigenvalue weighted by molar-refractivity contribution is -0.0177. The Morgan fingerprint density at radius 3 is 1.69 bits per heavy atom. The standard InChI is InChI=1S/C6H14O3.C3H8O/c1-5(8)4-9-6(2)3-7;1-3(2)4/h5-8H,3-4H2,1-2H3;3-4H,1-2H3. The van der Waals surface area contributed by atoms with E-state index in [0.29, 0.717) is 6.61 Å². The van der Waals surface area contributed by atoms with Gasteiger partial charge in [0, 0.05) is 6.10 Å². The van der Waals surface area contributed by atoms with E-state index in [-0.39, 0.29) is 18.8 Å². The van der Waals surface area contributed by atoms with Gasteiger partial charge in [-0.15, -0.1) is 0 Å². The third-order valence-corrected chi connectivity index (χ3v) is 0.879. The zero-order chi connectivity index (χ0) is 10.9. The second-order valence-electron chi connectivity index (χ2n) is 3.27. The number of rotatable bonds is 4. The summed E-state index contributed by atoms with van der Waals surface area (Å²) in [7, 11) is 0. The number of aliphatic hydroxyl groups is 3. The molecule has 82 valence electrons. The molecule has 2 unspecified atom stereocenters. The normalized spacial score (nSPS) is 14.8. The summed E-state index contributed by atoms with van der Waals surface area (Å²) >= 11 is 0. The van der Waals surface area contributed by atoms with Gasteiger partial charge >= 0.3 is 0 Å². The lowest BCUT2D eigenvalue weighted by Crippen LogP contribution is -2.19. The summed E-state index contributed by atoms with van der Waals surface area (Å²) in [5.74, 6) is 0. The molecular weight excluding hydrogens is 172 g/mol. The summed E-state index contributed by atoms with van der Waals surface area (Å²) in [6.07, 6.45) is -0.779. The molecule has 3 N–H and O–H groups in total. The lowest BCUT2D eigenvalue weighted by Gasteiger charge is -2.10. The molecule has 0 rings (SSSR count). The van der Waals surface area contributed by atoms with E-state index < -0.39 is 6.10 Å². The summed E-state index contributed by atoms with van der Waals surface area (Å²) in [5, 5.41) is 25.2. The maximum atomic E-state index is 8.69. The minimum atomic E-state index is -0.445. The molecule has 0 spiro atoms. The molecular formula is C9H22O4. The summed E-state index contributed by atoms with van der Waals surface area (Å²) in [6.45, 7) is 7.14. The highest BCUT2D eigenvalue weighted by atomic mass is 16.5. The van der Waals surface area contributed by atoms with Crippen LogP contribution in [0.15, 0.2) is 0 Å². The van der Waals surface area contributed by atoms with Crippen molar-refractivity contribution in [2.45, 2.75) is 46.0 Å². The van der Waals surface area contributed by atoms with Crippen LogP contribution < -0.4 is 0 Å². The van der Waals surface area contributed by atoms with Crippen LogP contribution in [0.4, 0.5) is 0 Å². The van der Waals surface area contributed by atoms with Gasteiger partial charge in [-0.1, -0.05) is 0 Å². The molecule has 0 aliphatic rings. The van der Waals surface area contributed by atoms with Crippen LogP contribution in [0.25, 0.3) is 0 Å². The minimum absolute atomic E-state index is 0.00667. The van der Waals surface area contributed by atoms with Gasteiger partial charge < -0.3 is 20.1 Å². The first-order valence-electron chi connectivity index (χ1n) is 4.48. The van der Waals surface area contributed by atoms with Crippen molar-refractivity contribution in [2.75, 3.05) is 13.2 Å². The molecule has 4 heteroatoms. The van der Waals surface area contributed by atoms with E-state index in [4.69, 9.17) is 20.1 Å². The Hall–Kier alpha value is -0.160. The SMILES string of the molecule is CC(C)O.CC(O)COC(C)CO. The molecule has 0 aromatic carbocycles. The summed E-state index contributed by atoms with van der Waals surface area (Å²) in [6, 6.07) is 0. The molecule has 13 heavy (non-hydrogen) atoms. The second-order valence-corrected chi connectivity index (χ2v) is 3.27. The third-order valence-electron chi connectivity index (χ3n) is 0.879. The van der Waals surface area contributed by atoms with Gasteiger partial charge in [-0.25, -0.2) is 0 Å². The monoisotopic (exact) mass is 194 g/mol. The van der Waals surface area contributed by atoms with Crippen molar-refractivity contribution in [3.8, 4) is 0 Å². The highest BCUT2D eigenvalue weighted by molar-refractivity contribution is 4.47. The Balaban J connectivity index is 0. The van der Waals surface area contributed by atoms with E-state index in [0.717, 1.165) is 0 Å². The van der Waals surface area contributed by atoms with Crippen LogP contribution in [-0.4, -0.2) is 46.8 Å². The highest BCUT2D eigenvalue weighted by Crippen LogP contribution is 1.90. The molecule has 4 nitrogen and oxygen atoms in total. The van der Waals surface area contributed by atoms with E-state index >= 15 is 0 Å². The van der Waals surface area contributed by atoms with Crippen LogP contribution in [0.1, 0.15) is 27.7 Å². The molecule has 0 aromatic rings. The fourth-order valence-electron chi connectivity index (χ4n) is 0.356. The Kier molecular flexibility index (Phi) is 11.7. The molecule has 0 aliphatic carbocycles. The molecule has 0 fully saturated rings. The van der Waals surface area contributed by atoms with Crippen LogP contribution in [0.2, 0.25) is 0 Å². The van der Waals surface area contributed by atoms with Gasteiger partial charge in [-0.2, -0.15) is 0 Å². The third kappa shape index (κ3) is 24.5. The Morgan fingerprint density at radius 2 is 1.46 bits per heavy atom. The molecule has 0 radical (unpaired) electrons. The topological polar surface area (TPSA) is 69.9 Å². The van der Waals surface area contributed by atoms with Gasteiger partial charge in [0.15, 0.2) is 0 Å². The smallest absolute Gasteiger partial charge is 0.0779 e. The molecule has 0 bridgehead atoms. The van der Waals surface area contributed by atoms with Crippen LogP contribution in [0.3, 0.4) is 0 Å². The van der Waals surface area contributed by atoms with Crippen molar-refractivity contribution < 1.29 is 20.1 Å². The molecule has 0 aromatic heterocycles. The highest BCUT2D eigenvalue weighted by Gasteiger charge is 2.00. The zero-order valence-electron chi connectivity index (χ0n) is 8.90. The van der Waals surface area contributed by atoms with Crippen LogP contribution >= 0.6 is 0 Å². The van der Waals surface area contributed by atoms with Crippen molar-refractivity contribution in [1.82, 2.24) is 0 Å². The van der Waals surface area contributed by atoms with E-state index in [1.54, 1.807) is 27.7 Å². The van der Waals surface area contributed by atoms with Crippen molar-refractivity contribution in [3.63, 3.8) is 0 Å². The van der Waals surface area contributed by atoms with E-state index in [1.165, 1.54) is 0 Å². The van der Waals surface area contributed by atoms with E-state index in [1.807, 2.05) is 0 Å². The quantitative estimate of drug-likeness (QED) is 0.596. The van der Waals surface area contributed by atoms with Crippen molar-refractivity contribution in [2.24, 2.45) is 0 Å². The van der Waals surface area contributed by atoms with E-state index in [2.05, 4.69) is 0 Å². The van der Waals surface area contributed by atoms with Crippen molar-refractivity contribution in [1.29, 1.82) is 0 Å². The predicted molar refractivity (Wildman–Crippen MR) is 51.5 cm³/mol. The summed E-state index contributed by atoms with van der Waals surface area (Å²) in [5.41, 5.74) is 0. The molecule has 2 atom stereocenters. The lowest BCUT2D eigenvalue weighted by atomic mass is 10.4. The average Bonchev–Trinajstić information content (AvgIpc) is 1.99. The van der Waals surface area contributed by atoms with Gasteiger partial charge in [0.1, 0.15) is 0 Å². The maximum absolute atomic E-state index is 8.69. The Labute approximate surface area is 80.2 Å². The van der Waals surface area contributed by atoms with Gasteiger partial charge in [-0.05, 0) is 27.7 Å².